The first kappa shape index (κ1) is 17.4. The summed E-state index contributed by atoms with van der Waals surface area (Å²) in [5, 5.41) is 3.27. The van der Waals surface area contributed by atoms with Gasteiger partial charge in [-0.25, -0.2) is 0 Å². The molecule has 1 aliphatic rings. The molecule has 1 aliphatic carbocycles. The molecule has 4 heteroatoms. The van der Waals surface area contributed by atoms with Gasteiger partial charge in [0.25, 0.3) is 0 Å². The van der Waals surface area contributed by atoms with Crippen molar-refractivity contribution in [1.29, 1.82) is 0 Å². The van der Waals surface area contributed by atoms with Gasteiger partial charge in [-0.2, -0.15) is 0 Å². The minimum absolute atomic E-state index is 0.151. The van der Waals surface area contributed by atoms with Gasteiger partial charge < -0.3 is 15.0 Å². The topological polar surface area (TPSA) is 41.6 Å². The quantitative estimate of drug-likeness (QED) is 0.626. The van der Waals surface area contributed by atoms with Crippen LogP contribution in [0.3, 0.4) is 0 Å². The summed E-state index contributed by atoms with van der Waals surface area (Å²) in [4.78, 5) is 14.4. The van der Waals surface area contributed by atoms with Gasteiger partial charge in [0.1, 0.15) is 5.54 Å². The van der Waals surface area contributed by atoms with Crippen LogP contribution in [0, 0.1) is 5.92 Å². The lowest BCUT2D eigenvalue weighted by atomic mass is 9.85. The lowest BCUT2D eigenvalue weighted by Crippen LogP contribution is -2.50. The van der Waals surface area contributed by atoms with Gasteiger partial charge in [-0.05, 0) is 58.2 Å². The number of esters is 1. The van der Waals surface area contributed by atoms with Gasteiger partial charge in [0.05, 0.1) is 7.11 Å². The number of hydrogen-bond donors (Lipinski definition) is 1. The molecule has 0 bridgehead atoms. The summed E-state index contributed by atoms with van der Waals surface area (Å²) in [6, 6.07) is 0. The summed E-state index contributed by atoms with van der Waals surface area (Å²) in [5.74, 6) is 0.761. The Morgan fingerprint density at radius 3 is 2.55 bits per heavy atom. The third-order valence-electron chi connectivity index (χ3n) is 4.54. The van der Waals surface area contributed by atoms with Gasteiger partial charge >= 0.3 is 5.97 Å². The van der Waals surface area contributed by atoms with E-state index in [1.165, 1.54) is 32.9 Å². The van der Waals surface area contributed by atoms with E-state index in [1.807, 2.05) is 13.8 Å². The maximum atomic E-state index is 11.9. The summed E-state index contributed by atoms with van der Waals surface area (Å²) < 4.78 is 4.93. The molecule has 118 valence electrons. The molecule has 1 N–H and O–H groups in total. The molecular formula is C16H32N2O2. The van der Waals surface area contributed by atoms with Gasteiger partial charge in [-0.1, -0.05) is 20.3 Å². The maximum Gasteiger partial charge on any atom is 0.325 e. The van der Waals surface area contributed by atoms with Crippen LogP contribution in [0.4, 0.5) is 0 Å². The summed E-state index contributed by atoms with van der Waals surface area (Å²) in [5.41, 5.74) is -0.542. The Bertz CT molecular complexity index is 292. The lowest BCUT2D eigenvalue weighted by Gasteiger charge is -2.33. The van der Waals surface area contributed by atoms with Crippen LogP contribution in [-0.2, 0) is 9.53 Å². The molecule has 1 saturated carbocycles. The number of carbonyl (C=O) groups excluding carboxylic acids is 1. The van der Waals surface area contributed by atoms with E-state index >= 15 is 0 Å². The number of methoxy groups -OCH3 is 1. The number of nitrogens with one attached hydrogen (secondary N) is 1. The minimum atomic E-state index is -0.542. The van der Waals surface area contributed by atoms with E-state index < -0.39 is 5.54 Å². The van der Waals surface area contributed by atoms with Crippen LogP contribution in [-0.4, -0.2) is 49.7 Å². The van der Waals surface area contributed by atoms with Crippen LogP contribution >= 0.6 is 0 Å². The number of hydrogen-bond acceptors (Lipinski definition) is 4. The highest BCUT2D eigenvalue weighted by Gasteiger charge is 2.32. The zero-order chi connectivity index (χ0) is 15.0. The van der Waals surface area contributed by atoms with Gasteiger partial charge in [0.15, 0.2) is 0 Å². The Balaban J connectivity index is 2.35. The Hall–Kier alpha value is -0.610. The summed E-state index contributed by atoms with van der Waals surface area (Å²) in [6.07, 6.45) is 6.05. The fourth-order valence-electron chi connectivity index (χ4n) is 2.95. The van der Waals surface area contributed by atoms with Crippen molar-refractivity contribution < 1.29 is 9.53 Å². The van der Waals surface area contributed by atoms with E-state index in [0.29, 0.717) is 0 Å². The van der Waals surface area contributed by atoms with Crippen molar-refractivity contribution in [2.75, 3.05) is 33.3 Å². The SMILES string of the molecule is CCNC(C)(CCCN(CC)CC1CCC1)C(=O)OC. The standard InChI is InChI=1S/C16H32N2O2/c1-5-17-16(3,15(19)20-4)11-8-12-18(6-2)13-14-9-7-10-14/h14,17H,5-13H2,1-4H3. The molecular weight excluding hydrogens is 252 g/mol. The molecule has 20 heavy (non-hydrogen) atoms. The predicted molar refractivity (Wildman–Crippen MR) is 82.8 cm³/mol. The third kappa shape index (κ3) is 5.06. The molecule has 1 fully saturated rings. The second kappa shape index (κ2) is 8.63. The second-order valence-corrected chi connectivity index (χ2v) is 6.15. The fraction of sp³-hybridized carbons (Fsp3) is 0.938. The Morgan fingerprint density at radius 1 is 1.40 bits per heavy atom. The normalized spacial score (nSPS) is 18.6. The van der Waals surface area contributed by atoms with Crippen LogP contribution in [0.1, 0.15) is 52.9 Å². The summed E-state index contributed by atoms with van der Waals surface area (Å²) in [7, 11) is 1.47. The van der Waals surface area contributed by atoms with Crippen molar-refractivity contribution in [3.05, 3.63) is 0 Å². The van der Waals surface area contributed by atoms with E-state index in [4.69, 9.17) is 4.74 Å². The first-order valence-corrected chi connectivity index (χ1v) is 8.11. The number of ether oxygens (including phenoxy) is 1. The highest BCUT2D eigenvalue weighted by molar-refractivity contribution is 5.80. The Kier molecular flexibility index (Phi) is 7.52. The highest BCUT2D eigenvalue weighted by atomic mass is 16.5. The summed E-state index contributed by atoms with van der Waals surface area (Å²) in [6.45, 7) is 10.4. The molecule has 1 rings (SSSR count). The number of nitrogens with zero attached hydrogens (tertiary/aromatic N) is 1. The van der Waals surface area contributed by atoms with Crippen molar-refractivity contribution in [3.8, 4) is 0 Å². The molecule has 0 saturated heterocycles. The second-order valence-electron chi connectivity index (χ2n) is 6.15. The van der Waals surface area contributed by atoms with Gasteiger partial charge in [-0.15, -0.1) is 0 Å². The molecule has 0 aliphatic heterocycles. The predicted octanol–water partition coefficient (Wildman–Crippen LogP) is 2.43. The first-order valence-electron chi connectivity index (χ1n) is 8.11. The molecule has 1 unspecified atom stereocenters. The van der Waals surface area contributed by atoms with E-state index in [1.54, 1.807) is 0 Å². The molecule has 0 amide bonds. The highest BCUT2D eigenvalue weighted by Crippen LogP contribution is 2.27. The van der Waals surface area contributed by atoms with Crippen molar-refractivity contribution in [3.63, 3.8) is 0 Å². The van der Waals surface area contributed by atoms with Crippen molar-refractivity contribution >= 4 is 5.97 Å². The average Bonchev–Trinajstić information content (AvgIpc) is 2.39. The lowest BCUT2D eigenvalue weighted by molar-refractivity contribution is -0.148. The Morgan fingerprint density at radius 2 is 2.10 bits per heavy atom. The molecule has 0 aromatic heterocycles. The van der Waals surface area contributed by atoms with Crippen LogP contribution < -0.4 is 5.32 Å². The summed E-state index contributed by atoms with van der Waals surface area (Å²) >= 11 is 0. The molecule has 0 heterocycles. The van der Waals surface area contributed by atoms with Crippen LogP contribution in [0.5, 0.6) is 0 Å². The minimum Gasteiger partial charge on any atom is -0.468 e. The third-order valence-corrected chi connectivity index (χ3v) is 4.54. The van der Waals surface area contributed by atoms with E-state index in [-0.39, 0.29) is 5.97 Å². The van der Waals surface area contributed by atoms with E-state index in [2.05, 4.69) is 17.1 Å². The molecule has 0 spiro atoms. The van der Waals surface area contributed by atoms with Crippen molar-refractivity contribution in [2.45, 2.75) is 58.4 Å². The monoisotopic (exact) mass is 284 g/mol. The van der Waals surface area contributed by atoms with Gasteiger partial charge in [0.2, 0.25) is 0 Å². The molecule has 0 aromatic carbocycles. The molecule has 4 nitrogen and oxygen atoms in total. The van der Waals surface area contributed by atoms with Crippen molar-refractivity contribution in [1.82, 2.24) is 10.2 Å². The Labute approximate surface area is 124 Å². The van der Waals surface area contributed by atoms with Crippen molar-refractivity contribution in [2.24, 2.45) is 5.92 Å². The zero-order valence-electron chi connectivity index (χ0n) is 13.7. The largest absolute Gasteiger partial charge is 0.468 e. The maximum absolute atomic E-state index is 11.9. The molecule has 0 radical (unpaired) electrons. The van der Waals surface area contributed by atoms with E-state index in [0.717, 1.165) is 38.4 Å². The first-order chi connectivity index (χ1) is 9.55. The fourth-order valence-corrected chi connectivity index (χ4v) is 2.95. The average molecular weight is 284 g/mol. The molecule has 0 aromatic rings. The van der Waals surface area contributed by atoms with Crippen LogP contribution in [0.15, 0.2) is 0 Å². The number of rotatable bonds is 10. The number of likely N-dealkylation sites (N-methyl/N-ethyl adjacent to an activating group) is 1. The van der Waals surface area contributed by atoms with Crippen LogP contribution in [0.2, 0.25) is 0 Å². The van der Waals surface area contributed by atoms with Crippen LogP contribution in [0.25, 0.3) is 0 Å². The molecule has 1 atom stereocenters. The number of carbonyl (C=O) groups is 1. The van der Waals surface area contributed by atoms with Gasteiger partial charge in [-0.3, -0.25) is 4.79 Å². The van der Waals surface area contributed by atoms with Gasteiger partial charge in [0, 0.05) is 6.54 Å². The van der Waals surface area contributed by atoms with E-state index in [9.17, 15) is 4.79 Å². The zero-order valence-corrected chi connectivity index (χ0v) is 13.7. The smallest absolute Gasteiger partial charge is 0.325 e.